The molecule has 0 bridgehead atoms. The summed E-state index contributed by atoms with van der Waals surface area (Å²) in [5, 5.41) is 22.5. The predicted molar refractivity (Wildman–Crippen MR) is 72.9 cm³/mol. The van der Waals surface area contributed by atoms with Crippen LogP contribution >= 0.6 is 15.9 Å². The Bertz CT molecular complexity index is 333. The average Bonchev–Trinajstić information content (AvgIpc) is 2.29. The lowest BCUT2D eigenvalue weighted by Crippen LogP contribution is -2.30. The lowest BCUT2D eigenvalue weighted by Gasteiger charge is -2.15. The summed E-state index contributed by atoms with van der Waals surface area (Å²) in [6, 6.07) is 7.61. The van der Waals surface area contributed by atoms with E-state index in [1.165, 1.54) is 0 Å². The van der Waals surface area contributed by atoms with Gasteiger partial charge in [0, 0.05) is 17.6 Å². The molecule has 0 amide bonds. The Labute approximate surface area is 111 Å². The Hall–Kier alpha value is -0.420. The van der Waals surface area contributed by atoms with Crippen molar-refractivity contribution in [2.24, 2.45) is 0 Å². The SMILES string of the molecule is CCCC(O)CNCC(O)c1cccc(Br)c1. The van der Waals surface area contributed by atoms with Crippen LogP contribution in [-0.2, 0) is 0 Å². The van der Waals surface area contributed by atoms with Gasteiger partial charge in [0.25, 0.3) is 0 Å². The Morgan fingerprint density at radius 3 is 2.71 bits per heavy atom. The first-order valence-electron chi connectivity index (χ1n) is 5.95. The van der Waals surface area contributed by atoms with Gasteiger partial charge in [-0.15, -0.1) is 0 Å². The van der Waals surface area contributed by atoms with E-state index in [2.05, 4.69) is 21.2 Å². The summed E-state index contributed by atoms with van der Waals surface area (Å²) in [6.07, 6.45) is 0.896. The van der Waals surface area contributed by atoms with Crippen LogP contribution in [0.3, 0.4) is 0 Å². The topological polar surface area (TPSA) is 52.5 Å². The first kappa shape index (κ1) is 14.6. The summed E-state index contributed by atoms with van der Waals surface area (Å²) in [5.74, 6) is 0. The normalized spacial score (nSPS) is 14.6. The zero-order chi connectivity index (χ0) is 12.7. The van der Waals surface area contributed by atoms with Crippen LogP contribution in [0.15, 0.2) is 28.7 Å². The number of hydrogen-bond donors (Lipinski definition) is 3. The Morgan fingerprint density at radius 2 is 2.06 bits per heavy atom. The first-order chi connectivity index (χ1) is 8.13. The zero-order valence-corrected chi connectivity index (χ0v) is 11.7. The van der Waals surface area contributed by atoms with Gasteiger partial charge < -0.3 is 15.5 Å². The molecule has 0 heterocycles. The van der Waals surface area contributed by atoms with Crippen molar-refractivity contribution in [1.82, 2.24) is 5.32 Å². The van der Waals surface area contributed by atoms with Gasteiger partial charge in [-0.1, -0.05) is 41.4 Å². The van der Waals surface area contributed by atoms with Gasteiger partial charge in [0.1, 0.15) is 0 Å². The van der Waals surface area contributed by atoms with Gasteiger partial charge in [-0.2, -0.15) is 0 Å². The molecule has 1 rings (SSSR count). The van der Waals surface area contributed by atoms with E-state index in [4.69, 9.17) is 0 Å². The fraction of sp³-hybridized carbons (Fsp3) is 0.538. The second-order valence-corrected chi connectivity index (χ2v) is 5.09. The summed E-state index contributed by atoms with van der Waals surface area (Å²) >= 11 is 3.37. The number of halogens is 1. The molecule has 2 atom stereocenters. The van der Waals surface area contributed by atoms with E-state index < -0.39 is 6.10 Å². The Morgan fingerprint density at radius 1 is 1.29 bits per heavy atom. The molecular formula is C13H20BrNO2. The van der Waals surface area contributed by atoms with Crippen LogP contribution in [0.1, 0.15) is 31.4 Å². The van der Waals surface area contributed by atoms with Crippen molar-refractivity contribution in [3.8, 4) is 0 Å². The summed E-state index contributed by atoms with van der Waals surface area (Å²) in [7, 11) is 0. The molecule has 3 nitrogen and oxygen atoms in total. The number of hydrogen-bond acceptors (Lipinski definition) is 3. The van der Waals surface area contributed by atoms with Crippen LogP contribution in [0, 0.1) is 0 Å². The molecule has 1 aromatic rings. The van der Waals surface area contributed by atoms with Gasteiger partial charge in [-0.3, -0.25) is 0 Å². The van der Waals surface area contributed by atoms with Crippen LogP contribution in [0.4, 0.5) is 0 Å². The Kier molecular flexibility index (Phi) is 6.73. The number of rotatable bonds is 7. The predicted octanol–water partition coefficient (Wildman–Crippen LogP) is 2.23. The monoisotopic (exact) mass is 301 g/mol. The molecule has 3 N–H and O–H groups in total. The lowest BCUT2D eigenvalue weighted by molar-refractivity contribution is 0.140. The van der Waals surface area contributed by atoms with Crippen LogP contribution < -0.4 is 5.32 Å². The van der Waals surface area contributed by atoms with Crippen LogP contribution in [0.5, 0.6) is 0 Å². The van der Waals surface area contributed by atoms with Crippen molar-refractivity contribution in [2.75, 3.05) is 13.1 Å². The minimum atomic E-state index is -0.540. The highest BCUT2D eigenvalue weighted by molar-refractivity contribution is 9.10. The van der Waals surface area contributed by atoms with Gasteiger partial charge in [0.05, 0.1) is 12.2 Å². The summed E-state index contributed by atoms with van der Waals surface area (Å²) in [4.78, 5) is 0. The molecule has 0 aromatic heterocycles. The fourth-order valence-corrected chi connectivity index (χ4v) is 2.07. The molecule has 96 valence electrons. The number of aliphatic hydroxyl groups is 2. The highest BCUT2D eigenvalue weighted by Gasteiger charge is 2.08. The van der Waals surface area contributed by atoms with Crippen LogP contribution in [-0.4, -0.2) is 29.4 Å². The van der Waals surface area contributed by atoms with E-state index in [0.717, 1.165) is 22.9 Å². The Balaban J connectivity index is 2.32. The molecule has 0 aliphatic rings. The highest BCUT2D eigenvalue weighted by Crippen LogP contribution is 2.17. The van der Waals surface area contributed by atoms with Crippen molar-refractivity contribution in [2.45, 2.75) is 32.0 Å². The second-order valence-electron chi connectivity index (χ2n) is 4.17. The molecule has 17 heavy (non-hydrogen) atoms. The molecule has 4 heteroatoms. The van der Waals surface area contributed by atoms with Crippen LogP contribution in [0.2, 0.25) is 0 Å². The van der Waals surface area contributed by atoms with Crippen molar-refractivity contribution >= 4 is 15.9 Å². The van der Waals surface area contributed by atoms with Crippen LogP contribution in [0.25, 0.3) is 0 Å². The zero-order valence-electron chi connectivity index (χ0n) is 10.1. The quantitative estimate of drug-likeness (QED) is 0.724. The van der Waals surface area contributed by atoms with E-state index in [9.17, 15) is 10.2 Å². The first-order valence-corrected chi connectivity index (χ1v) is 6.75. The van der Waals surface area contributed by atoms with Crippen molar-refractivity contribution in [3.05, 3.63) is 34.3 Å². The maximum atomic E-state index is 9.92. The molecule has 0 radical (unpaired) electrons. The third-order valence-corrected chi connectivity index (χ3v) is 3.07. The van der Waals surface area contributed by atoms with Gasteiger partial charge in [-0.05, 0) is 24.1 Å². The second kappa shape index (κ2) is 7.82. The van der Waals surface area contributed by atoms with E-state index in [1.54, 1.807) is 0 Å². The summed E-state index contributed by atoms with van der Waals surface area (Å²) in [6.45, 7) is 3.02. The molecule has 0 saturated carbocycles. The largest absolute Gasteiger partial charge is 0.392 e. The van der Waals surface area contributed by atoms with Gasteiger partial charge in [0.2, 0.25) is 0 Å². The van der Waals surface area contributed by atoms with Crippen molar-refractivity contribution in [1.29, 1.82) is 0 Å². The smallest absolute Gasteiger partial charge is 0.0914 e. The van der Waals surface area contributed by atoms with E-state index in [1.807, 2.05) is 31.2 Å². The molecule has 1 aromatic carbocycles. The van der Waals surface area contributed by atoms with Crippen molar-refractivity contribution in [3.63, 3.8) is 0 Å². The lowest BCUT2D eigenvalue weighted by atomic mass is 10.1. The van der Waals surface area contributed by atoms with E-state index in [-0.39, 0.29) is 6.10 Å². The maximum absolute atomic E-state index is 9.92. The third-order valence-electron chi connectivity index (χ3n) is 2.57. The molecule has 2 unspecified atom stereocenters. The van der Waals surface area contributed by atoms with Gasteiger partial charge in [-0.25, -0.2) is 0 Å². The summed E-state index contributed by atoms with van der Waals surface area (Å²) < 4.78 is 0.958. The van der Waals surface area contributed by atoms with Crippen molar-refractivity contribution < 1.29 is 10.2 Å². The van der Waals surface area contributed by atoms with Gasteiger partial charge >= 0.3 is 0 Å². The molecular weight excluding hydrogens is 282 g/mol. The third kappa shape index (κ3) is 5.64. The average molecular weight is 302 g/mol. The number of nitrogens with one attached hydrogen (secondary N) is 1. The minimum absolute atomic E-state index is 0.324. The highest BCUT2D eigenvalue weighted by atomic mass is 79.9. The maximum Gasteiger partial charge on any atom is 0.0914 e. The standard InChI is InChI=1S/C13H20BrNO2/c1-2-4-12(16)8-15-9-13(17)10-5-3-6-11(14)7-10/h3,5-7,12-13,15-17H,2,4,8-9H2,1H3. The fourth-order valence-electron chi connectivity index (χ4n) is 1.65. The molecule has 0 saturated heterocycles. The van der Waals surface area contributed by atoms with E-state index >= 15 is 0 Å². The van der Waals surface area contributed by atoms with E-state index in [0.29, 0.717) is 13.1 Å². The minimum Gasteiger partial charge on any atom is -0.392 e. The van der Waals surface area contributed by atoms with Gasteiger partial charge in [0.15, 0.2) is 0 Å². The number of benzene rings is 1. The molecule has 0 fully saturated rings. The summed E-state index contributed by atoms with van der Waals surface area (Å²) in [5.41, 5.74) is 0.872. The molecule has 0 spiro atoms. The number of aliphatic hydroxyl groups excluding tert-OH is 2. The molecule has 0 aliphatic carbocycles. The molecule has 0 aliphatic heterocycles.